The SMILES string of the molecule is c1ccc([AsH](c2ccccc2)(c2ccccc2)[AsH](C2CCCCC2)(C2CCCCC2)C2CCCCC2)cc1. The fourth-order valence-corrected chi connectivity index (χ4v) is 87.5. The molecule has 0 N–H and O–H groups in total. The summed E-state index contributed by atoms with van der Waals surface area (Å²) in [6.07, 6.45) is 22.7. The fourth-order valence-electron chi connectivity index (χ4n) is 9.97. The van der Waals surface area contributed by atoms with Gasteiger partial charge in [0.05, 0.1) is 0 Å². The maximum atomic E-state index is 2.63. The summed E-state index contributed by atoms with van der Waals surface area (Å²) < 4.78 is 8.59. The van der Waals surface area contributed by atoms with Gasteiger partial charge in [-0.1, -0.05) is 0 Å². The van der Waals surface area contributed by atoms with Gasteiger partial charge in [0.2, 0.25) is 0 Å². The Labute approximate surface area is 236 Å². The van der Waals surface area contributed by atoms with Gasteiger partial charge >= 0.3 is 237 Å². The van der Waals surface area contributed by atoms with Crippen molar-refractivity contribution in [2.24, 2.45) is 0 Å². The van der Waals surface area contributed by atoms with Crippen LogP contribution in [0.25, 0.3) is 0 Å². The van der Waals surface area contributed by atoms with Gasteiger partial charge in [-0.25, -0.2) is 0 Å². The zero-order chi connectivity index (χ0) is 25.7. The Hall–Kier alpha value is -1.22. The van der Waals surface area contributed by atoms with Crippen LogP contribution in [0.3, 0.4) is 0 Å². The van der Waals surface area contributed by atoms with Crippen LogP contribution in [-0.4, -0.2) is 23.0 Å². The average molecular weight is 633 g/mol. The Morgan fingerprint density at radius 2 is 0.605 bits per heavy atom. The van der Waals surface area contributed by atoms with Crippen LogP contribution in [0.15, 0.2) is 91.0 Å². The molecule has 0 spiro atoms. The van der Waals surface area contributed by atoms with Crippen molar-refractivity contribution in [2.45, 2.75) is 110 Å². The molecule has 3 fully saturated rings. The van der Waals surface area contributed by atoms with Gasteiger partial charge in [0.1, 0.15) is 0 Å². The van der Waals surface area contributed by atoms with Gasteiger partial charge in [-0.2, -0.15) is 0 Å². The first-order chi connectivity index (χ1) is 18.9. The van der Waals surface area contributed by atoms with Crippen LogP contribution in [-0.2, 0) is 0 Å². The third-order valence-corrected chi connectivity index (χ3v) is 70.5. The van der Waals surface area contributed by atoms with E-state index in [4.69, 9.17) is 0 Å². The molecule has 2 heteroatoms. The average Bonchev–Trinajstić information content (AvgIpc) is 3.02. The Morgan fingerprint density at radius 1 is 0.342 bits per heavy atom. The zero-order valence-electron chi connectivity index (χ0n) is 23.5. The van der Waals surface area contributed by atoms with Crippen LogP contribution in [0.5, 0.6) is 0 Å². The summed E-state index contributed by atoms with van der Waals surface area (Å²) in [4.78, 5) is 0. The van der Waals surface area contributed by atoms with Gasteiger partial charge in [-0.05, 0) is 0 Å². The van der Waals surface area contributed by atoms with E-state index in [2.05, 4.69) is 91.0 Å². The summed E-state index contributed by atoms with van der Waals surface area (Å²) in [6, 6.07) is 37.0. The molecule has 3 aromatic rings. The first kappa shape index (κ1) is 27.0. The third-order valence-electron chi connectivity index (χ3n) is 11.1. The molecule has 204 valence electrons. The van der Waals surface area contributed by atoms with Crippen LogP contribution < -0.4 is 13.1 Å². The summed E-state index contributed by atoms with van der Waals surface area (Å²) in [5, 5.41) is 0. The first-order valence-corrected chi connectivity index (χ1v) is 29.3. The molecule has 0 heterocycles. The van der Waals surface area contributed by atoms with Crippen LogP contribution in [0.4, 0.5) is 0 Å². The second kappa shape index (κ2) is 12.5. The third kappa shape index (κ3) is 4.71. The van der Waals surface area contributed by atoms with E-state index < -0.39 is 23.0 Å². The van der Waals surface area contributed by atoms with Gasteiger partial charge in [-0.15, -0.1) is 0 Å². The molecular formula is C36H50As2. The van der Waals surface area contributed by atoms with E-state index in [0.29, 0.717) is 0 Å². The topological polar surface area (TPSA) is 0 Å². The minimum absolute atomic E-state index is 1.05. The first-order valence-electron chi connectivity index (χ1n) is 16.0. The summed E-state index contributed by atoms with van der Waals surface area (Å²) in [5.74, 6) is 0. The summed E-state index contributed by atoms with van der Waals surface area (Å²) in [5.41, 5.74) is 0. The maximum absolute atomic E-state index is 3.09. The molecule has 3 saturated carbocycles. The fraction of sp³-hybridized carbons (Fsp3) is 0.500. The number of rotatable bonds is 7. The van der Waals surface area contributed by atoms with Gasteiger partial charge in [0.15, 0.2) is 0 Å². The van der Waals surface area contributed by atoms with E-state index in [-0.39, 0.29) is 0 Å². The van der Waals surface area contributed by atoms with E-state index in [9.17, 15) is 0 Å². The minimum atomic E-state index is -3.09. The molecule has 38 heavy (non-hydrogen) atoms. The normalized spacial score (nSPS) is 21.7. The molecule has 0 amide bonds. The molecular weight excluding hydrogens is 582 g/mol. The molecule has 3 aliphatic carbocycles. The van der Waals surface area contributed by atoms with Crippen LogP contribution in [0, 0.1) is 0 Å². The Kier molecular flexibility index (Phi) is 8.89. The van der Waals surface area contributed by atoms with Crippen molar-refractivity contribution in [3.8, 4) is 0 Å². The monoisotopic (exact) mass is 632 g/mol. The second-order valence-corrected chi connectivity index (χ2v) is 46.2. The molecule has 3 aromatic carbocycles. The molecule has 0 bridgehead atoms. The van der Waals surface area contributed by atoms with Gasteiger partial charge in [0.25, 0.3) is 0 Å². The van der Waals surface area contributed by atoms with Gasteiger partial charge in [0, 0.05) is 0 Å². The quantitative estimate of drug-likeness (QED) is 0.231. The number of hydrogen-bond donors (Lipinski definition) is 0. The number of hydrogen-bond acceptors (Lipinski definition) is 0. The molecule has 0 nitrogen and oxygen atoms in total. The van der Waals surface area contributed by atoms with Crippen LogP contribution in [0.2, 0.25) is 14.1 Å². The summed E-state index contributed by atoms with van der Waals surface area (Å²) in [7, 11) is 0. The zero-order valence-corrected chi connectivity index (χ0v) is 27.7. The number of benzene rings is 3. The van der Waals surface area contributed by atoms with E-state index in [1.807, 2.05) is 13.1 Å². The second-order valence-electron chi connectivity index (χ2n) is 12.8. The Balaban J connectivity index is 1.75. The van der Waals surface area contributed by atoms with Gasteiger partial charge in [-0.3, -0.25) is 0 Å². The molecule has 0 radical (unpaired) electrons. The van der Waals surface area contributed by atoms with Crippen molar-refractivity contribution in [3.63, 3.8) is 0 Å². The molecule has 0 aromatic heterocycles. The molecule has 6 rings (SSSR count). The predicted molar refractivity (Wildman–Crippen MR) is 173 cm³/mol. The Bertz CT molecular complexity index is 966. The van der Waals surface area contributed by atoms with Crippen molar-refractivity contribution in [1.29, 1.82) is 0 Å². The molecule has 3 aliphatic rings. The van der Waals surface area contributed by atoms with Gasteiger partial charge < -0.3 is 0 Å². The van der Waals surface area contributed by atoms with E-state index in [0.717, 1.165) is 14.1 Å². The molecule has 0 atom stereocenters. The van der Waals surface area contributed by atoms with Crippen molar-refractivity contribution in [1.82, 2.24) is 0 Å². The summed E-state index contributed by atoms with van der Waals surface area (Å²) >= 11 is -5.82. The van der Waals surface area contributed by atoms with Crippen LogP contribution >= 0.6 is 0 Å². The summed E-state index contributed by atoms with van der Waals surface area (Å²) in [6.45, 7) is 0. The van der Waals surface area contributed by atoms with Crippen molar-refractivity contribution in [2.75, 3.05) is 0 Å². The molecule has 0 aliphatic heterocycles. The predicted octanol–water partition coefficient (Wildman–Crippen LogP) is 8.15. The molecule has 0 saturated heterocycles. The van der Waals surface area contributed by atoms with E-state index in [1.165, 1.54) is 57.8 Å². The van der Waals surface area contributed by atoms with E-state index >= 15 is 0 Å². The van der Waals surface area contributed by atoms with Crippen molar-refractivity contribution in [3.05, 3.63) is 91.0 Å². The standard InChI is InChI=1S/C36H50As2/c1-7-19-31(20-8-1)37(32-21-9-2-10-22-32,33-23-11-3-12-24-33)38(34-25-13-4-14-26-34,35-27-15-5-16-28-35)36-29-17-6-18-30-36/h1-3,7-12,19-24,34-38H,4-6,13-18,25-30H2. The van der Waals surface area contributed by atoms with E-state index in [1.54, 1.807) is 38.5 Å². The van der Waals surface area contributed by atoms with Crippen molar-refractivity contribution < 1.29 is 0 Å². The van der Waals surface area contributed by atoms with Crippen molar-refractivity contribution >= 4 is 36.0 Å². The molecule has 0 unspecified atom stereocenters. The Morgan fingerprint density at radius 3 is 0.868 bits per heavy atom. The van der Waals surface area contributed by atoms with Crippen LogP contribution in [0.1, 0.15) is 96.3 Å².